The summed E-state index contributed by atoms with van der Waals surface area (Å²) in [5.74, 6) is 1.19. The Morgan fingerprint density at radius 2 is 1.56 bits per heavy atom. The number of benzene rings is 2. The van der Waals surface area contributed by atoms with Crippen LogP contribution in [0.2, 0.25) is 0 Å². The SMILES string of the molecule is Cc1cccc(Oc2cc(C#N)cc(C#N)c2)c1. The molecule has 0 fully saturated rings. The lowest BCUT2D eigenvalue weighted by Crippen LogP contribution is -1.88. The van der Waals surface area contributed by atoms with Crippen LogP contribution in [0.25, 0.3) is 0 Å². The Bertz CT molecular complexity index is 631. The van der Waals surface area contributed by atoms with E-state index in [1.165, 1.54) is 6.07 Å². The highest BCUT2D eigenvalue weighted by Gasteiger charge is 2.03. The number of hydrogen-bond acceptors (Lipinski definition) is 3. The Morgan fingerprint density at radius 3 is 2.11 bits per heavy atom. The van der Waals surface area contributed by atoms with E-state index in [0.29, 0.717) is 22.6 Å². The molecule has 3 heteroatoms. The molecule has 0 atom stereocenters. The molecule has 0 heterocycles. The van der Waals surface area contributed by atoms with Crippen molar-refractivity contribution >= 4 is 0 Å². The van der Waals surface area contributed by atoms with E-state index in [4.69, 9.17) is 15.3 Å². The van der Waals surface area contributed by atoms with Gasteiger partial charge in [-0.3, -0.25) is 0 Å². The van der Waals surface area contributed by atoms with Gasteiger partial charge in [0, 0.05) is 0 Å². The standard InChI is InChI=1S/C15H10N2O/c1-11-3-2-4-14(5-11)18-15-7-12(9-16)6-13(8-15)10-17/h2-8H,1H3. The van der Waals surface area contributed by atoms with E-state index in [0.717, 1.165) is 5.56 Å². The largest absolute Gasteiger partial charge is 0.457 e. The maximum atomic E-state index is 8.88. The van der Waals surface area contributed by atoms with Crippen molar-refractivity contribution in [2.75, 3.05) is 0 Å². The summed E-state index contributed by atoms with van der Waals surface area (Å²) < 4.78 is 5.64. The van der Waals surface area contributed by atoms with Gasteiger partial charge < -0.3 is 4.74 Å². The summed E-state index contributed by atoms with van der Waals surface area (Å²) in [5.41, 5.74) is 1.91. The van der Waals surface area contributed by atoms with Crippen LogP contribution in [0.15, 0.2) is 42.5 Å². The van der Waals surface area contributed by atoms with Gasteiger partial charge in [0.1, 0.15) is 11.5 Å². The second-order valence-electron chi connectivity index (χ2n) is 3.89. The molecular formula is C15H10N2O. The number of hydrogen-bond donors (Lipinski definition) is 0. The lowest BCUT2D eigenvalue weighted by Gasteiger charge is -2.07. The molecule has 3 nitrogen and oxygen atoms in total. The summed E-state index contributed by atoms with van der Waals surface area (Å²) in [6.45, 7) is 1.97. The van der Waals surface area contributed by atoms with Crippen LogP contribution >= 0.6 is 0 Å². The van der Waals surface area contributed by atoms with Gasteiger partial charge in [0.05, 0.1) is 23.3 Å². The first-order valence-electron chi connectivity index (χ1n) is 5.41. The van der Waals surface area contributed by atoms with Crippen LogP contribution in [-0.4, -0.2) is 0 Å². The molecule has 0 amide bonds. The van der Waals surface area contributed by atoms with Gasteiger partial charge in [0.2, 0.25) is 0 Å². The van der Waals surface area contributed by atoms with Gasteiger partial charge in [-0.1, -0.05) is 12.1 Å². The molecule has 0 bridgehead atoms. The van der Waals surface area contributed by atoms with Gasteiger partial charge in [0.15, 0.2) is 0 Å². The summed E-state index contributed by atoms with van der Waals surface area (Å²) in [6.07, 6.45) is 0. The van der Waals surface area contributed by atoms with Gasteiger partial charge in [-0.15, -0.1) is 0 Å². The van der Waals surface area contributed by atoms with E-state index in [1.807, 2.05) is 43.3 Å². The van der Waals surface area contributed by atoms with Crippen molar-refractivity contribution in [2.45, 2.75) is 6.92 Å². The minimum atomic E-state index is 0.414. The number of rotatable bonds is 2. The normalized spacial score (nSPS) is 9.28. The predicted molar refractivity (Wildman–Crippen MR) is 67.1 cm³/mol. The fourth-order valence-corrected chi connectivity index (χ4v) is 1.60. The van der Waals surface area contributed by atoms with Crippen molar-refractivity contribution < 1.29 is 4.74 Å². The first-order valence-corrected chi connectivity index (χ1v) is 5.41. The van der Waals surface area contributed by atoms with Crippen molar-refractivity contribution in [1.29, 1.82) is 10.5 Å². The number of nitrogens with zero attached hydrogens (tertiary/aromatic N) is 2. The summed E-state index contributed by atoms with van der Waals surface area (Å²) in [5, 5.41) is 17.8. The number of ether oxygens (including phenoxy) is 1. The van der Waals surface area contributed by atoms with Crippen LogP contribution in [0, 0.1) is 29.6 Å². The van der Waals surface area contributed by atoms with Crippen molar-refractivity contribution in [3.63, 3.8) is 0 Å². The summed E-state index contributed by atoms with van der Waals surface area (Å²) in [4.78, 5) is 0. The zero-order valence-corrected chi connectivity index (χ0v) is 9.84. The Balaban J connectivity index is 2.35. The number of aryl methyl sites for hydroxylation is 1. The fourth-order valence-electron chi connectivity index (χ4n) is 1.60. The second-order valence-corrected chi connectivity index (χ2v) is 3.89. The Morgan fingerprint density at radius 1 is 0.889 bits per heavy atom. The molecule has 2 aromatic rings. The molecule has 0 saturated heterocycles. The third kappa shape index (κ3) is 2.66. The van der Waals surface area contributed by atoms with E-state index in [2.05, 4.69) is 0 Å². The molecule has 0 unspecified atom stereocenters. The highest BCUT2D eigenvalue weighted by Crippen LogP contribution is 2.24. The van der Waals surface area contributed by atoms with Crippen molar-refractivity contribution in [3.05, 3.63) is 59.2 Å². The van der Waals surface area contributed by atoms with Crippen LogP contribution < -0.4 is 4.74 Å². The van der Waals surface area contributed by atoms with E-state index in [9.17, 15) is 0 Å². The average Bonchev–Trinajstić information content (AvgIpc) is 2.38. The maximum absolute atomic E-state index is 8.88. The van der Waals surface area contributed by atoms with Crippen LogP contribution in [0.1, 0.15) is 16.7 Å². The third-order valence-corrected chi connectivity index (χ3v) is 2.39. The molecule has 0 spiro atoms. The van der Waals surface area contributed by atoms with Gasteiger partial charge in [-0.05, 0) is 42.8 Å². The van der Waals surface area contributed by atoms with Crippen LogP contribution in [0.3, 0.4) is 0 Å². The van der Waals surface area contributed by atoms with Crippen LogP contribution in [0.5, 0.6) is 11.5 Å². The van der Waals surface area contributed by atoms with E-state index in [1.54, 1.807) is 12.1 Å². The third-order valence-electron chi connectivity index (χ3n) is 2.39. The molecule has 0 aliphatic heterocycles. The van der Waals surface area contributed by atoms with Crippen molar-refractivity contribution in [2.24, 2.45) is 0 Å². The van der Waals surface area contributed by atoms with E-state index in [-0.39, 0.29) is 0 Å². The van der Waals surface area contributed by atoms with Crippen molar-refractivity contribution in [3.8, 4) is 23.6 Å². The molecule has 18 heavy (non-hydrogen) atoms. The molecule has 0 aliphatic rings. The highest BCUT2D eigenvalue weighted by atomic mass is 16.5. The highest BCUT2D eigenvalue weighted by molar-refractivity contribution is 5.46. The van der Waals surface area contributed by atoms with E-state index < -0.39 is 0 Å². The van der Waals surface area contributed by atoms with Gasteiger partial charge in [-0.2, -0.15) is 10.5 Å². The molecule has 0 radical (unpaired) electrons. The molecule has 2 aromatic carbocycles. The smallest absolute Gasteiger partial charge is 0.130 e. The minimum absolute atomic E-state index is 0.414. The molecule has 0 aliphatic carbocycles. The van der Waals surface area contributed by atoms with E-state index >= 15 is 0 Å². The quantitative estimate of drug-likeness (QED) is 0.798. The van der Waals surface area contributed by atoms with Crippen LogP contribution in [-0.2, 0) is 0 Å². The first kappa shape index (κ1) is 11.7. The zero-order chi connectivity index (χ0) is 13.0. The maximum Gasteiger partial charge on any atom is 0.130 e. The fraction of sp³-hybridized carbons (Fsp3) is 0.0667. The monoisotopic (exact) mass is 234 g/mol. The minimum Gasteiger partial charge on any atom is -0.457 e. The van der Waals surface area contributed by atoms with Crippen LogP contribution in [0.4, 0.5) is 0 Å². The molecule has 0 aromatic heterocycles. The van der Waals surface area contributed by atoms with Crippen molar-refractivity contribution in [1.82, 2.24) is 0 Å². The topological polar surface area (TPSA) is 56.8 Å². The lowest BCUT2D eigenvalue weighted by molar-refractivity contribution is 0.482. The summed E-state index contributed by atoms with van der Waals surface area (Å²) in [7, 11) is 0. The molecule has 0 N–H and O–H groups in total. The van der Waals surface area contributed by atoms with Gasteiger partial charge >= 0.3 is 0 Å². The molecule has 86 valence electrons. The predicted octanol–water partition coefficient (Wildman–Crippen LogP) is 3.53. The Kier molecular flexibility index (Phi) is 3.27. The number of nitriles is 2. The summed E-state index contributed by atoms with van der Waals surface area (Å²) >= 11 is 0. The lowest BCUT2D eigenvalue weighted by atomic mass is 10.1. The molecule has 0 saturated carbocycles. The average molecular weight is 234 g/mol. The Labute approximate surface area is 105 Å². The first-order chi connectivity index (χ1) is 8.71. The summed E-state index contributed by atoms with van der Waals surface area (Å²) in [6, 6.07) is 16.4. The molecule has 2 rings (SSSR count). The van der Waals surface area contributed by atoms with Gasteiger partial charge in [-0.25, -0.2) is 0 Å². The zero-order valence-electron chi connectivity index (χ0n) is 9.84. The molecular weight excluding hydrogens is 224 g/mol. The second kappa shape index (κ2) is 5.03. The Hall–Kier alpha value is -2.78. The van der Waals surface area contributed by atoms with Gasteiger partial charge in [0.25, 0.3) is 0 Å².